The molecule has 2 aromatic rings. The van der Waals surface area contributed by atoms with E-state index in [1.807, 2.05) is 44.4 Å². The first-order valence-corrected chi connectivity index (χ1v) is 7.06. The van der Waals surface area contributed by atoms with Crippen molar-refractivity contribution in [1.29, 1.82) is 0 Å². The molecule has 0 bridgehead atoms. The molecule has 1 amide bonds. The van der Waals surface area contributed by atoms with Gasteiger partial charge in [0.2, 0.25) is 0 Å². The summed E-state index contributed by atoms with van der Waals surface area (Å²) in [5.74, 6) is 0.766. The lowest BCUT2D eigenvalue weighted by atomic mass is 10.1. The summed E-state index contributed by atoms with van der Waals surface area (Å²) in [4.78, 5) is 14.2. The average molecular weight is 286 g/mol. The zero-order chi connectivity index (χ0) is 15.4. The van der Waals surface area contributed by atoms with Gasteiger partial charge in [-0.05, 0) is 37.7 Å². The van der Waals surface area contributed by atoms with E-state index in [4.69, 9.17) is 0 Å². The van der Waals surface area contributed by atoms with Crippen LogP contribution in [0.2, 0.25) is 0 Å². The van der Waals surface area contributed by atoms with Crippen molar-refractivity contribution in [3.63, 3.8) is 0 Å². The number of benzene rings is 1. The highest BCUT2D eigenvalue weighted by molar-refractivity contribution is 6.03. The zero-order valence-corrected chi connectivity index (χ0v) is 13.0. The van der Waals surface area contributed by atoms with Crippen LogP contribution in [0.15, 0.2) is 30.3 Å². The summed E-state index contributed by atoms with van der Waals surface area (Å²) in [6, 6.07) is 9.48. The molecule has 5 nitrogen and oxygen atoms in total. The van der Waals surface area contributed by atoms with E-state index in [-0.39, 0.29) is 5.91 Å². The SMILES string of the molecule is CC(C)c1cc(NC(=O)c2ccc(CN(C)C)cc2)n[nH]1. The van der Waals surface area contributed by atoms with Crippen molar-refractivity contribution in [2.45, 2.75) is 26.3 Å². The number of H-pyrrole nitrogens is 1. The topological polar surface area (TPSA) is 61.0 Å². The van der Waals surface area contributed by atoms with Gasteiger partial charge in [0.15, 0.2) is 5.82 Å². The van der Waals surface area contributed by atoms with E-state index < -0.39 is 0 Å². The molecule has 0 atom stereocenters. The standard InChI is InChI=1S/C16H22N4O/c1-11(2)14-9-15(19-18-14)17-16(21)13-7-5-12(6-8-13)10-20(3)4/h5-9,11H,10H2,1-4H3,(H2,17,18,19,21). The lowest BCUT2D eigenvalue weighted by Gasteiger charge is -2.09. The first kappa shape index (κ1) is 15.3. The molecule has 0 aliphatic rings. The molecule has 0 unspecified atom stereocenters. The van der Waals surface area contributed by atoms with Crippen molar-refractivity contribution in [2.75, 3.05) is 19.4 Å². The minimum absolute atomic E-state index is 0.145. The Bertz CT molecular complexity index is 599. The lowest BCUT2D eigenvalue weighted by Crippen LogP contribution is -2.13. The smallest absolute Gasteiger partial charge is 0.256 e. The van der Waals surface area contributed by atoms with Gasteiger partial charge in [-0.25, -0.2) is 0 Å². The van der Waals surface area contributed by atoms with Crippen LogP contribution in [0.1, 0.15) is 41.4 Å². The van der Waals surface area contributed by atoms with Gasteiger partial charge in [-0.1, -0.05) is 26.0 Å². The highest BCUT2D eigenvalue weighted by atomic mass is 16.1. The Hall–Kier alpha value is -2.14. The van der Waals surface area contributed by atoms with Gasteiger partial charge in [-0.3, -0.25) is 9.89 Å². The molecule has 2 rings (SSSR count). The predicted molar refractivity (Wildman–Crippen MR) is 84.5 cm³/mol. The first-order valence-electron chi connectivity index (χ1n) is 7.06. The third kappa shape index (κ3) is 4.16. The van der Waals surface area contributed by atoms with E-state index >= 15 is 0 Å². The summed E-state index contributed by atoms with van der Waals surface area (Å²) in [6.45, 7) is 5.00. The summed E-state index contributed by atoms with van der Waals surface area (Å²) < 4.78 is 0. The van der Waals surface area contributed by atoms with E-state index in [2.05, 4.69) is 34.3 Å². The van der Waals surface area contributed by atoms with Crippen LogP contribution in [0, 0.1) is 0 Å². The van der Waals surface area contributed by atoms with Gasteiger partial charge >= 0.3 is 0 Å². The Labute approximate surface area is 125 Å². The van der Waals surface area contributed by atoms with E-state index in [1.165, 1.54) is 5.56 Å². The van der Waals surface area contributed by atoms with Crippen molar-refractivity contribution < 1.29 is 4.79 Å². The van der Waals surface area contributed by atoms with E-state index in [1.54, 1.807) is 0 Å². The van der Waals surface area contributed by atoms with E-state index in [0.29, 0.717) is 17.3 Å². The second-order valence-electron chi connectivity index (χ2n) is 5.75. The molecule has 0 fully saturated rings. The van der Waals surface area contributed by atoms with Crippen LogP contribution in [0.25, 0.3) is 0 Å². The van der Waals surface area contributed by atoms with E-state index in [9.17, 15) is 4.79 Å². The maximum absolute atomic E-state index is 12.2. The monoisotopic (exact) mass is 286 g/mol. The average Bonchev–Trinajstić information content (AvgIpc) is 2.87. The molecule has 1 aromatic heterocycles. The third-order valence-electron chi connectivity index (χ3n) is 3.18. The minimum atomic E-state index is -0.145. The van der Waals surface area contributed by atoms with Crippen molar-refractivity contribution in [2.24, 2.45) is 0 Å². The minimum Gasteiger partial charge on any atom is -0.305 e. The summed E-state index contributed by atoms with van der Waals surface area (Å²) in [5.41, 5.74) is 2.82. The van der Waals surface area contributed by atoms with Crippen LogP contribution in [-0.4, -0.2) is 35.1 Å². The second-order valence-corrected chi connectivity index (χ2v) is 5.75. The Morgan fingerprint density at radius 2 is 1.95 bits per heavy atom. The lowest BCUT2D eigenvalue weighted by molar-refractivity contribution is 0.102. The number of carbonyl (C=O) groups excluding carboxylic acids is 1. The highest BCUT2D eigenvalue weighted by Gasteiger charge is 2.10. The number of aromatic nitrogens is 2. The van der Waals surface area contributed by atoms with Crippen LogP contribution >= 0.6 is 0 Å². The van der Waals surface area contributed by atoms with Crippen molar-refractivity contribution >= 4 is 11.7 Å². The zero-order valence-electron chi connectivity index (χ0n) is 13.0. The number of carbonyl (C=O) groups is 1. The summed E-state index contributed by atoms with van der Waals surface area (Å²) in [7, 11) is 4.04. The molecular weight excluding hydrogens is 264 g/mol. The van der Waals surface area contributed by atoms with E-state index in [0.717, 1.165) is 12.2 Å². The molecule has 2 N–H and O–H groups in total. The molecular formula is C16H22N4O. The number of nitrogens with zero attached hydrogens (tertiary/aromatic N) is 2. The number of amides is 1. The fraction of sp³-hybridized carbons (Fsp3) is 0.375. The molecule has 0 aliphatic carbocycles. The normalized spacial score (nSPS) is 11.1. The Morgan fingerprint density at radius 3 is 2.48 bits per heavy atom. The quantitative estimate of drug-likeness (QED) is 0.888. The van der Waals surface area contributed by atoms with Gasteiger partial charge in [-0.2, -0.15) is 5.10 Å². The third-order valence-corrected chi connectivity index (χ3v) is 3.18. The number of rotatable bonds is 5. The molecule has 1 aromatic carbocycles. The van der Waals surface area contributed by atoms with Crippen molar-refractivity contribution in [3.8, 4) is 0 Å². The largest absolute Gasteiger partial charge is 0.305 e. The van der Waals surface area contributed by atoms with Gasteiger partial charge < -0.3 is 10.2 Å². The van der Waals surface area contributed by atoms with Crippen LogP contribution < -0.4 is 5.32 Å². The molecule has 112 valence electrons. The van der Waals surface area contributed by atoms with Gasteiger partial charge in [0.05, 0.1) is 0 Å². The highest BCUT2D eigenvalue weighted by Crippen LogP contribution is 2.15. The molecule has 0 aliphatic heterocycles. The summed E-state index contributed by atoms with van der Waals surface area (Å²) >= 11 is 0. The Morgan fingerprint density at radius 1 is 1.29 bits per heavy atom. The van der Waals surface area contributed by atoms with Gasteiger partial charge in [0, 0.05) is 23.9 Å². The number of anilines is 1. The fourth-order valence-electron chi connectivity index (χ4n) is 2.01. The molecule has 1 heterocycles. The van der Waals surface area contributed by atoms with Crippen LogP contribution in [-0.2, 0) is 6.54 Å². The van der Waals surface area contributed by atoms with Gasteiger partial charge in [-0.15, -0.1) is 0 Å². The number of hydrogen-bond donors (Lipinski definition) is 2. The first-order chi connectivity index (χ1) is 9.95. The Kier molecular flexibility index (Phi) is 4.75. The van der Waals surface area contributed by atoms with Crippen molar-refractivity contribution in [1.82, 2.24) is 15.1 Å². The van der Waals surface area contributed by atoms with Crippen LogP contribution in [0.3, 0.4) is 0 Å². The molecule has 0 saturated heterocycles. The molecule has 0 saturated carbocycles. The molecule has 0 radical (unpaired) electrons. The molecule has 21 heavy (non-hydrogen) atoms. The van der Waals surface area contributed by atoms with Crippen LogP contribution in [0.5, 0.6) is 0 Å². The maximum atomic E-state index is 12.2. The predicted octanol–water partition coefficient (Wildman–Crippen LogP) is 2.85. The van der Waals surface area contributed by atoms with Crippen LogP contribution in [0.4, 0.5) is 5.82 Å². The fourth-order valence-corrected chi connectivity index (χ4v) is 2.01. The summed E-state index contributed by atoms with van der Waals surface area (Å²) in [5, 5.41) is 9.82. The molecule has 0 spiro atoms. The number of hydrogen-bond acceptors (Lipinski definition) is 3. The maximum Gasteiger partial charge on any atom is 0.256 e. The van der Waals surface area contributed by atoms with Gasteiger partial charge in [0.1, 0.15) is 0 Å². The van der Waals surface area contributed by atoms with Crippen molar-refractivity contribution in [3.05, 3.63) is 47.2 Å². The number of aromatic amines is 1. The Balaban J connectivity index is 2.02. The molecule has 5 heteroatoms. The second kappa shape index (κ2) is 6.54. The summed E-state index contributed by atoms with van der Waals surface area (Å²) in [6.07, 6.45) is 0. The number of nitrogens with one attached hydrogen (secondary N) is 2. The van der Waals surface area contributed by atoms with Gasteiger partial charge in [0.25, 0.3) is 5.91 Å².